The second-order valence-corrected chi connectivity index (χ2v) is 4.09. The average Bonchev–Trinajstić information content (AvgIpc) is 2.81. The quantitative estimate of drug-likeness (QED) is 0.613. The van der Waals surface area contributed by atoms with E-state index < -0.39 is 4.92 Å². The molecular weight excluding hydrogens is 256 g/mol. The Morgan fingerprint density at radius 3 is 2.94 bits per heavy atom. The van der Waals surface area contributed by atoms with Crippen LogP contribution >= 0.6 is 11.3 Å². The van der Waals surface area contributed by atoms with Crippen molar-refractivity contribution in [2.45, 2.75) is 6.42 Å². The fraction of sp³-hybridized carbons (Fsp3) is 0.222. The van der Waals surface area contributed by atoms with Gasteiger partial charge in [0, 0.05) is 18.3 Å². The van der Waals surface area contributed by atoms with Crippen LogP contribution in [0.3, 0.4) is 0 Å². The topological polar surface area (TPSA) is 120 Å². The highest BCUT2D eigenvalue weighted by Gasteiger charge is 2.20. The molecule has 0 fully saturated rings. The predicted molar refractivity (Wildman–Crippen MR) is 67.4 cm³/mol. The zero-order chi connectivity index (χ0) is 13.0. The molecule has 0 saturated heterocycles. The molecule has 0 aromatic carbocycles. The Morgan fingerprint density at radius 1 is 1.44 bits per heavy atom. The third-order valence-corrected chi connectivity index (χ3v) is 2.83. The van der Waals surface area contributed by atoms with Crippen LogP contribution in [0.25, 0.3) is 0 Å². The summed E-state index contributed by atoms with van der Waals surface area (Å²) < 4.78 is 0. The van der Waals surface area contributed by atoms with E-state index in [9.17, 15) is 10.1 Å². The molecule has 0 radical (unpaired) electrons. The van der Waals surface area contributed by atoms with Gasteiger partial charge in [-0.25, -0.2) is 15.0 Å². The van der Waals surface area contributed by atoms with Crippen LogP contribution in [0.4, 0.5) is 17.3 Å². The first kappa shape index (κ1) is 12.2. The molecular formula is C9H10N6O2S. The van der Waals surface area contributed by atoms with Crippen molar-refractivity contribution in [1.29, 1.82) is 0 Å². The number of nitrogen functional groups attached to an aromatic ring is 1. The van der Waals surface area contributed by atoms with Gasteiger partial charge >= 0.3 is 5.69 Å². The van der Waals surface area contributed by atoms with E-state index in [2.05, 4.69) is 20.3 Å². The first-order valence-electron chi connectivity index (χ1n) is 5.04. The highest BCUT2D eigenvalue weighted by molar-refractivity contribution is 7.07. The molecule has 8 nitrogen and oxygen atoms in total. The lowest BCUT2D eigenvalue weighted by molar-refractivity contribution is -0.383. The third kappa shape index (κ3) is 2.69. The van der Waals surface area contributed by atoms with Crippen LogP contribution in [0.2, 0.25) is 0 Å². The number of nitrogens with two attached hydrogens (primary N) is 1. The standard InChI is InChI=1S/C9H10N6O2S/c10-8-7(15(16)17)9(13-4-12-8)11-2-1-6-3-18-5-14-6/h3-5H,1-2H2,(H3,10,11,12,13). The van der Waals surface area contributed by atoms with Crippen molar-refractivity contribution >= 4 is 28.7 Å². The number of aromatic nitrogens is 3. The summed E-state index contributed by atoms with van der Waals surface area (Å²) in [6.45, 7) is 0.487. The highest BCUT2D eigenvalue weighted by Crippen LogP contribution is 2.25. The fourth-order valence-electron chi connectivity index (χ4n) is 1.37. The smallest absolute Gasteiger partial charge is 0.352 e. The normalized spacial score (nSPS) is 10.2. The van der Waals surface area contributed by atoms with Crippen LogP contribution in [0, 0.1) is 10.1 Å². The second kappa shape index (κ2) is 5.36. The largest absolute Gasteiger partial charge is 0.378 e. The molecule has 0 atom stereocenters. The molecule has 2 aromatic rings. The summed E-state index contributed by atoms with van der Waals surface area (Å²) in [4.78, 5) is 21.8. The Kier molecular flexibility index (Phi) is 3.63. The van der Waals surface area contributed by atoms with E-state index in [-0.39, 0.29) is 17.3 Å². The van der Waals surface area contributed by atoms with Gasteiger partial charge in [-0.1, -0.05) is 0 Å². The zero-order valence-corrected chi connectivity index (χ0v) is 10.1. The monoisotopic (exact) mass is 266 g/mol. The summed E-state index contributed by atoms with van der Waals surface area (Å²) in [6, 6.07) is 0. The van der Waals surface area contributed by atoms with Crippen LogP contribution < -0.4 is 11.1 Å². The molecule has 94 valence electrons. The van der Waals surface area contributed by atoms with Crippen LogP contribution in [-0.2, 0) is 6.42 Å². The Morgan fingerprint density at radius 2 is 2.28 bits per heavy atom. The van der Waals surface area contributed by atoms with Gasteiger partial charge in [-0.2, -0.15) is 0 Å². The van der Waals surface area contributed by atoms with Crippen molar-refractivity contribution in [2.75, 3.05) is 17.6 Å². The average molecular weight is 266 g/mol. The van der Waals surface area contributed by atoms with Crippen LogP contribution in [0.1, 0.15) is 5.69 Å². The molecule has 0 aliphatic carbocycles. The van der Waals surface area contributed by atoms with Gasteiger partial charge in [0.25, 0.3) is 0 Å². The van der Waals surface area contributed by atoms with Crippen LogP contribution in [-0.4, -0.2) is 26.4 Å². The Hall–Kier alpha value is -2.29. The first-order valence-corrected chi connectivity index (χ1v) is 5.98. The number of nitro groups is 1. The molecule has 0 bridgehead atoms. The summed E-state index contributed by atoms with van der Waals surface area (Å²) in [5.41, 5.74) is 7.81. The van der Waals surface area contributed by atoms with E-state index in [0.29, 0.717) is 13.0 Å². The maximum absolute atomic E-state index is 10.8. The van der Waals surface area contributed by atoms with E-state index in [1.807, 2.05) is 5.38 Å². The van der Waals surface area contributed by atoms with Crippen molar-refractivity contribution < 1.29 is 4.92 Å². The molecule has 2 aromatic heterocycles. The molecule has 0 aliphatic heterocycles. The molecule has 0 unspecified atom stereocenters. The van der Waals surface area contributed by atoms with E-state index in [1.54, 1.807) is 5.51 Å². The minimum Gasteiger partial charge on any atom is -0.378 e. The van der Waals surface area contributed by atoms with Crippen LogP contribution in [0.15, 0.2) is 17.2 Å². The number of hydrogen-bond acceptors (Lipinski definition) is 8. The van der Waals surface area contributed by atoms with Crippen molar-refractivity contribution in [2.24, 2.45) is 0 Å². The minimum atomic E-state index is -0.597. The number of nitrogens with one attached hydrogen (secondary N) is 1. The van der Waals surface area contributed by atoms with E-state index in [0.717, 1.165) is 5.69 Å². The molecule has 0 aliphatic rings. The Bertz CT molecular complexity index is 544. The van der Waals surface area contributed by atoms with Crippen molar-refractivity contribution in [3.8, 4) is 0 Å². The number of thiazole rings is 1. The van der Waals surface area contributed by atoms with Crippen LogP contribution in [0.5, 0.6) is 0 Å². The van der Waals surface area contributed by atoms with Gasteiger partial charge < -0.3 is 11.1 Å². The maximum atomic E-state index is 10.8. The molecule has 9 heteroatoms. The van der Waals surface area contributed by atoms with Gasteiger partial charge in [0.05, 0.1) is 16.1 Å². The van der Waals surface area contributed by atoms with Crippen molar-refractivity contribution in [3.63, 3.8) is 0 Å². The molecule has 0 spiro atoms. The summed E-state index contributed by atoms with van der Waals surface area (Å²) in [6.07, 6.45) is 1.85. The van der Waals surface area contributed by atoms with Crippen molar-refractivity contribution in [3.05, 3.63) is 33.0 Å². The molecule has 0 saturated carbocycles. The first-order chi connectivity index (χ1) is 8.68. The summed E-state index contributed by atoms with van der Waals surface area (Å²) >= 11 is 1.50. The van der Waals surface area contributed by atoms with Gasteiger partial charge in [-0.15, -0.1) is 11.3 Å². The van der Waals surface area contributed by atoms with E-state index >= 15 is 0 Å². The van der Waals surface area contributed by atoms with Gasteiger partial charge in [0.1, 0.15) is 6.33 Å². The molecule has 2 rings (SSSR count). The second-order valence-electron chi connectivity index (χ2n) is 3.37. The number of anilines is 2. The summed E-state index contributed by atoms with van der Waals surface area (Å²) in [5, 5.41) is 15.6. The van der Waals surface area contributed by atoms with Gasteiger partial charge in [0.2, 0.25) is 11.6 Å². The lowest BCUT2D eigenvalue weighted by atomic mass is 10.3. The molecule has 0 amide bonds. The lowest BCUT2D eigenvalue weighted by Crippen LogP contribution is -2.10. The van der Waals surface area contributed by atoms with Gasteiger partial charge in [-0.3, -0.25) is 10.1 Å². The van der Waals surface area contributed by atoms with Gasteiger partial charge in [0.15, 0.2) is 0 Å². The third-order valence-electron chi connectivity index (χ3n) is 2.19. The van der Waals surface area contributed by atoms with E-state index in [1.165, 1.54) is 17.7 Å². The maximum Gasteiger partial charge on any atom is 0.352 e. The fourth-order valence-corrected chi connectivity index (χ4v) is 1.96. The predicted octanol–water partition coefficient (Wildman–Crippen LogP) is 1.08. The summed E-state index contributed by atoms with van der Waals surface area (Å²) in [7, 11) is 0. The number of hydrogen-bond donors (Lipinski definition) is 2. The summed E-state index contributed by atoms with van der Waals surface area (Å²) in [5.74, 6) is -0.0195. The molecule has 2 heterocycles. The Labute approximate surface area is 106 Å². The highest BCUT2D eigenvalue weighted by atomic mass is 32.1. The van der Waals surface area contributed by atoms with E-state index in [4.69, 9.17) is 5.73 Å². The van der Waals surface area contributed by atoms with Gasteiger partial charge in [-0.05, 0) is 0 Å². The van der Waals surface area contributed by atoms with Crippen molar-refractivity contribution in [1.82, 2.24) is 15.0 Å². The number of rotatable bonds is 5. The Balaban J connectivity index is 2.05. The minimum absolute atomic E-state index is 0.128. The molecule has 18 heavy (non-hydrogen) atoms. The lowest BCUT2D eigenvalue weighted by Gasteiger charge is -2.05. The SMILES string of the molecule is Nc1ncnc(NCCc2cscn2)c1[N+](=O)[O-]. The number of nitrogens with zero attached hydrogens (tertiary/aromatic N) is 4. The molecule has 3 N–H and O–H groups in total. The zero-order valence-electron chi connectivity index (χ0n) is 9.24.